The number of ether oxygens (including phenoxy) is 3. The van der Waals surface area contributed by atoms with Gasteiger partial charge in [-0.1, -0.05) is 11.6 Å². The first-order valence-corrected chi connectivity index (χ1v) is 5.50. The summed E-state index contributed by atoms with van der Waals surface area (Å²) in [5.41, 5.74) is 5.51. The van der Waals surface area contributed by atoms with Gasteiger partial charge in [-0.05, 0) is 18.2 Å². The molecule has 1 aliphatic rings. The van der Waals surface area contributed by atoms with Crippen LogP contribution in [0.15, 0.2) is 18.2 Å². The molecule has 0 radical (unpaired) electrons. The highest BCUT2D eigenvalue weighted by Gasteiger charge is 2.18. The molecule has 92 valence electrons. The van der Waals surface area contributed by atoms with Gasteiger partial charge in [-0.25, -0.2) is 0 Å². The van der Waals surface area contributed by atoms with Crippen molar-refractivity contribution < 1.29 is 19.0 Å². The monoisotopic (exact) mass is 257 g/mol. The van der Waals surface area contributed by atoms with Crippen LogP contribution in [0.25, 0.3) is 0 Å². The first kappa shape index (κ1) is 12.2. The van der Waals surface area contributed by atoms with E-state index in [9.17, 15) is 4.79 Å². The van der Waals surface area contributed by atoms with E-state index in [1.165, 1.54) is 12.1 Å². The van der Waals surface area contributed by atoms with Crippen LogP contribution < -0.4 is 10.5 Å². The Labute approximate surface area is 103 Å². The van der Waals surface area contributed by atoms with Crippen LogP contribution in [-0.4, -0.2) is 32.0 Å². The van der Waals surface area contributed by atoms with E-state index in [1.807, 2.05) is 0 Å². The molecule has 6 heteroatoms. The Morgan fingerprint density at radius 3 is 2.82 bits per heavy atom. The minimum atomic E-state index is -0.565. The Morgan fingerprint density at radius 1 is 1.47 bits per heavy atom. The highest BCUT2D eigenvalue weighted by molar-refractivity contribution is 6.30. The molecule has 0 saturated carbocycles. The van der Waals surface area contributed by atoms with Crippen LogP contribution >= 0.6 is 11.6 Å². The van der Waals surface area contributed by atoms with Gasteiger partial charge < -0.3 is 19.9 Å². The van der Waals surface area contributed by atoms with Crippen molar-refractivity contribution >= 4 is 17.5 Å². The van der Waals surface area contributed by atoms with E-state index >= 15 is 0 Å². The fourth-order valence-corrected chi connectivity index (χ4v) is 1.64. The summed E-state index contributed by atoms with van der Waals surface area (Å²) in [6.07, 6.45) is -0.408. The van der Waals surface area contributed by atoms with E-state index in [-0.39, 0.29) is 12.2 Å². The fraction of sp³-hybridized carbons (Fsp3) is 0.364. The van der Waals surface area contributed by atoms with Gasteiger partial charge in [0.2, 0.25) is 0 Å². The molecule has 1 fully saturated rings. The van der Waals surface area contributed by atoms with E-state index in [4.69, 9.17) is 31.5 Å². The first-order chi connectivity index (χ1) is 8.16. The van der Waals surface area contributed by atoms with E-state index in [0.717, 1.165) is 0 Å². The van der Waals surface area contributed by atoms with Crippen LogP contribution in [0.3, 0.4) is 0 Å². The van der Waals surface area contributed by atoms with E-state index in [1.54, 1.807) is 6.07 Å². The molecule has 0 bridgehead atoms. The molecule has 2 rings (SSSR count). The second-order valence-electron chi connectivity index (χ2n) is 3.49. The van der Waals surface area contributed by atoms with Gasteiger partial charge >= 0.3 is 0 Å². The molecule has 0 atom stereocenters. The number of nitrogens with two attached hydrogens (primary N) is 1. The minimum absolute atomic E-state index is 0.195. The smallest absolute Gasteiger partial charge is 0.252 e. The third kappa shape index (κ3) is 3.09. The maximum atomic E-state index is 11.2. The quantitative estimate of drug-likeness (QED) is 0.880. The van der Waals surface area contributed by atoms with Crippen LogP contribution in [0.5, 0.6) is 5.75 Å². The van der Waals surface area contributed by atoms with Gasteiger partial charge in [0.05, 0.1) is 18.8 Å². The van der Waals surface area contributed by atoms with Crippen LogP contribution in [-0.2, 0) is 9.47 Å². The molecule has 1 aromatic rings. The van der Waals surface area contributed by atoms with Gasteiger partial charge in [0.15, 0.2) is 6.29 Å². The second kappa shape index (κ2) is 5.35. The Balaban J connectivity index is 2.07. The van der Waals surface area contributed by atoms with Crippen molar-refractivity contribution in [3.05, 3.63) is 28.8 Å². The first-order valence-electron chi connectivity index (χ1n) is 5.12. The van der Waals surface area contributed by atoms with Crippen molar-refractivity contribution in [2.24, 2.45) is 5.73 Å². The summed E-state index contributed by atoms with van der Waals surface area (Å²) in [5.74, 6) is -0.228. The molecule has 2 N–H and O–H groups in total. The molecule has 17 heavy (non-hydrogen) atoms. The maximum Gasteiger partial charge on any atom is 0.252 e. The standard InChI is InChI=1S/C11H12ClNO4/c12-7-1-2-8(11(13)14)9(5-7)17-6-10-15-3-4-16-10/h1-2,5,10H,3-4,6H2,(H2,13,14). The van der Waals surface area contributed by atoms with Crippen LogP contribution in [0, 0.1) is 0 Å². The number of halogens is 1. The average Bonchev–Trinajstić information content (AvgIpc) is 2.78. The lowest BCUT2D eigenvalue weighted by atomic mass is 10.2. The number of benzene rings is 1. The Morgan fingerprint density at radius 2 is 2.18 bits per heavy atom. The zero-order valence-corrected chi connectivity index (χ0v) is 9.77. The highest BCUT2D eigenvalue weighted by Crippen LogP contribution is 2.23. The molecule has 1 aliphatic heterocycles. The minimum Gasteiger partial charge on any atom is -0.487 e. The Hall–Kier alpha value is -1.30. The summed E-state index contributed by atoms with van der Waals surface area (Å²) in [6, 6.07) is 4.64. The summed E-state index contributed by atoms with van der Waals surface area (Å²) >= 11 is 5.82. The van der Waals surface area contributed by atoms with Crippen molar-refractivity contribution in [2.45, 2.75) is 6.29 Å². The highest BCUT2D eigenvalue weighted by atomic mass is 35.5. The predicted octanol–water partition coefficient (Wildman–Crippen LogP) is 1.19. The molecular formula is C11H12ClNO4. The summed E-state index contributed by atoms with van der Waals surface area (Å²) in [4.78, 5) is 11.2. The molecule has 5 nitrogen and oxygen atoms in total. The van der Waals surface area contributed by atoms with E-state index in [2.05, 4.69) is 0 Å². The molecule has 0 aliphatic carbocycles. The van der Waals surface area contributed by atoms with Crippen molar-refractivity contribution in [1.82, 2.24) is 0 Å². The van der Waals surface area contributed by atoms with Crippen molar-refractivity contribution in [3.63, 3.8) is 0 Å². The topological polar surface area (TPSA) is 70.8 Å². The largest absolute Gasteiger partial charge is 0.487 e. The third-order valence-corrected chi connectivity index (χ3v) is 2.51. The molecule has 1 amide bonds. The van der Waals surface area contributed by atoms with Crippen LogP contribution in [0.2, 0.25) is 5.02 Å². The number of primary amides is 1. The fourth-order valence-electron chi connectivity index (χ4n) is 1.48. The molecule has 0 aromatic heterocycles. The van der Waals surface area contributed by atoms with Gasteiger partial charge in [-0.2, -0.15) is 0 Å². The maximum absolute atomic E-state index is 11.2. The van der Waals surface area contributed by atoms with Crippen molar-refractivity contribution in [3.8, 4) is 5.75 Å². The number of amides is 1. The van der Waals surface area contributed by atoms with Crippen molar-refractivity contribution in [1.29, 1.82) is 0 Å². The summed E-state index contributed by atoms with van der Waals surface area (Å²) in [6.45, 7) is 1.29. The normalized spacial score (nSPS) is 16.1. The number of hydrogen-bond donors (Lipinski definition) is 1. The summed E-state index contributed by atoms with van der Waals surface area (Å²) in [5, 5.41) is 0.471. The number of rotatable bonds is 4. The van der Waals surface area contributed by atoms with E-state index in [0.29, 0.717) is 24.0 Å². The van der Waals surface area contributed by atoms with E-state index < -0.39 is 12.2 Å². The van der Waals surface area contributed by atoms with Gasteiger partial charge in [0, 0.05) is 5.02 Å². The van der Waals surface area contributed by atoms with Gasteiger partial charge in [-0.15, -0.1) is 0 Å². The van der Waals surface area contributed by atoms with Crippen LogP contribution in [0.4, 0.5) is 0 Å². The molecule has 1 heterocycles. The molecule has 0 unspecified atom stereocenters. The third-order valence-electron chi connectivity index (χ3n) is 2.27. The predicted molar refractivity (Wildman–Crippen MR) is 61.2 cm³/mol. The summed E-state index contributed by atoms with van der Waals surface area (Å²) in [7, 11) is 0. The van der Waals surface area contributed by atoms with Gasteiger partial charge in [-0.3, -0.25) is 4.79 Å². The van der Waals surface area contributed by atoms with Crippen LogP contribution in [0.1, 0.15) is 10.4 Å². The second-order valence-corrected chi connectivity index (χ2v) is 3.92. The van der Waals surface area contributed by atoms with Gasteiger partial charge in [0.1, 0.15) is 12.4 Å². The zero-order chi connectivity index (χ0) is 12.3. The van der Waals surface area contributed by atoms with Crippen molar-refractivity contribution in [2.75, 3.05) is 19.8 Å². The lowest BCUT2D eigenvalue weighted by molar-refractivity contribution is -0.0685. The zero-order valence-electron chi connectivity index (χ0n) is 9.02. The molecule has 1 saturated heterocycles. The number of carbonyl (C=O) groups excluding carboxylic acids is 1. The lowest BCUT2D eigenvalue weighted by Gasteiger charge is -2.13. The average molecular weight is 258 g/mol. The molecular weight excluding hydrogens is 246 g/mol. The Kier molecular flexibility index (Phi) is 3.83. The molecule has 1 aromatic carbocycles. The summed E-state index contributed by atoms with van der Waals surface area (Å²) < 4.78 is 15.8. The lowest BCUT2D eigenvalue weighted by Crippen LogP contribution is -2.20. The Bertz CT molecular complexity index is 418. The number of hydrogen-bond acceptors (Lipinski definition) is 4. The van der Waals surface area contributed by atoms with Gasteiger partial charge in [0.25, 0.3) is 5.91 Å². The number of carbonyl (C=O) groups is 1. The molecule has 0 spiro atoms. The SMILES string of the molecule is NC(=O)c1ccc(Cl)cc1OCC1OCCO1.